The number of aliphatic hydroxyl groups excluding tert-OH is 2. The molecule has 3 aliphatic rings. The summed E-state index contributed by atoms with van der Waals surface area (Å²) in [7, 11) is 5.19. The van der Waals surface area contributed by atoms with Gasteiger partial charge in [-0.2, -0.15) is 0 Å². The number of rotatable bonds is 8. The average molecular weight is 776 g/mol. The molecule has 18 atom stereocenters. The topological polar surface area (TPSA) is 200 Å². The summed E-state index contributed by atoms with van der Waals surface area (Å²) in [6, 6.07) is -0.320. The van der Waals surface area contributed by atoms with Crippen LogP contribution in [-0.4, -0.2) is 149 Å². The molecule has 3 heterocycles. The number of aliphatic hydroxyl groups is 4. The number of nitrogens with zero attached hydrogens (tertiary/aromatic N) is 1. The molecule has 0 saturated carbocycles. The monoisotopic (exact) mass is 775 g/mol. The van der Waals surface area contributed by atoms with Gasteiger partial charge < -0.3 is 58.5 Å². The van der Waals surface area contributed by atoms with Crippen molar-refractivity contribution in [2.75, 3.05) is 21.2 Å². The van der Waals surface area contributed by atoms with Gasteiger partial charge in [-0.3, -0.25) is 14.4 Å². The molecule has 54 heavy (non-hydrogen) atoms. The molecule has 3 fully saturated rings. The Kier molecular flexibility index (Phi) is 15.7. The lowest BCUT2D eigenvalue weighted by molar-refractivity contribution is -0.318. The predicted molar refractivity (Wildman–Crippen MR) is 196 cm³/mol. The first-order chi connectivity index (χ1) is 24.8. The highest BCUT2D eigenvalue weighted by Crippen LogP contribution is 2.41. The van der Waals surface area contributed by atoms with E-state index in [0.29, 0.717) is 6.42 Å². The van der Waals surface area contributed by atoms with Gasteiger partial charge in [-0.05, 0) is 74.9 Å². The van der Waals surface area contributed by atoms with E-state index < -0.39 is 114 Å². The van der Waals surface area contributed by atoms with Crippen molar-refractivity contribution in [2.24, 2.45) is 23.7 Å². The van der Waals surface area contributed by atoms with Crippen LogP contribution in [0.1, 0.15) is 102 Å². The summed E-state index contributed by atoms with van der Waals surface area (Å²) >= 11 is 0. The van der Waals surface area contributed by atoms with E-state index in [1.165, 1.54) is 34.8 Å². The second-order valence-corrected chi connectivity index (χ2v) is 17.1. The van der Waals surface area contributed by atoms with Crippen LogP contribution < -0.4 is 0 Å². The second-order valence-electron chi connectivity index (χ2n) is 17.1. The van der Waals surface area contributed by atoms with E-state index in [0.717, 1.165) is 0 Å². The Morgan fingerprint density at radius 1 is 0.907 bits per heavy atom. The van der Waals surface area contributed by atoms with Gasteiger partial charge in [0.1, 0.15) is 23.6 Å². The molecule has 0 aromatic rings. The largest absolute Gasteiger partial charge is 0.459 e. The van der Waals surface area contributed by atoms with Gasteiger partial charge in [-0.1, -0.05) is 27.7 Å². The second kappa shape index (κ2) is 18.2. The van der Waals surface area contributed by atoms with Gasteiger partial charge in [0.25, 0.3) is 0 Å². The molecular weight excluding hydrogens is 706 g/mol. The van der Waals surface area contributed by atoms with Crippen LogP contribution in [0.3, 0.4) is 0 Å². The molecule has 0 aromatic heterocycles. The molecule has 3 rings (SSSR count). The summed E-state index contributed by atoms with van der Waals surface area (Å²) in [6.07, 6.45) is -9.80. The fourth-order valence-corrected chi connectivity index (χ4v) is 8.71. The number of carbonyl (C=O) groups is 3. The molecule has 0 radical (unpaired) electrons. The van der Waals surface area contributed by atoms with Crippen molar-refractivity contribution in [3.05, 3.63) is 0 Å². The number of likely N-dealkylation sites (N-methyl/N-ethyl adjacent to an activating group) is 1. The molecule has 0 aromatic carbocycles. The molecule has 15 heteroatoms. The third kappa shape index (κ3) is 10.2. The summed E-state index contributed by atoms with van der Waals surface area (Å²) in [5, 5.41) is 46.5. The number of methoxy groups -OCH3 is 1. The lowest BCUT2D eigenvalue weighted by Crippen LogP contribution is -2.61. The minimum absolute atomic E-state index is 0.0755. The van der Waals surface area contributed by atoms with Gasteiger partial charge in [0, 0.05) is 38.2 Å². The number of ether oxygens (including phenoxy) is 7. The maximum absolute atomic E-state index is 14.2. The maximum atomic E-state index is 14.2. The standard InChI is InChI=1S/C39H69NO14/c1-15-27-39(11,47)32(43)21(4)29(42)19(2)17-37(9,46)34(54-36-31(51-25(8)41)26(40(12)13)16-20(3)49-36)22(5)30(23(6)35(45)52-27)53-28-18-38(10,48-14)33(44)24(7)50-28/h19-24,26-28,30-34,36,43-44,46-47H,15-18H2,1-14H3/t19-,20-,21-,22+,23-,24+,26+,27+,28+,30-,31-,32-,33+,34-,36+,37+,38-,39-/m1/s1. The SMILES string of the molecule is CC[C@@H]1OC(=O)[C@H](C)[C@H](O[C@H]2C[C@@](C)(OC)[C@@H](O)[C@H](C)O2)[C@H](C)[C@@H](O[C@@H]2O[C@H](C)C[C@H](N(C)C)[C@H]2OC(C)=O)[C@@](C)(O)C[C@@H](C)C(=O)[C@@H](C)[C@@H](O)[C@]1(C)O. The van der Waals surface area contributed by atoms with E-state index in [-0.39, 0.29) is 31.4 Å². The number of hydrogen-bond donors (Lipinski definition) is 4. The zero-order valence-corrected chi connectivity index (χ0v) is 34.8. The molecule has 0 amide bonds. The number of hydrogen-bond acceptors (Lipinski definition) is 15. The number of cyclic esters (lactones) is 1. The van der Waals surface area contributed by atoms with Gasteiger partial charge >= 0.3 is 11.9 Å². The molecule has 314 valence electrons. The first kappa shape index (κ1) is 46.6. The normalized spacial score (nSPS) is 47.5. The Hall–Kier alpha value is -1.79. The lowest BCUT2D eigenvalue weighted by atomic mass is 9.74. The van der Waals surface area contributed by atoms with E-state index in [4.69, 9.17) is 33.2 Å². The van der Waals surface area contributed by atoms with E-state index in [9.17, 15) is 34.8 Å². The molecule has 0 aliphatic carbocycles. The van der Waals surface area contributed by atoms with Gasteiger partial charge in [0.2, 0.25) is 0 Å². The summed E-state index contributed by atoms with van der Waals surface area (Å²) in [5.41, 5.74) is -4.92. The smallest absolute Gasteiger partial charge is 0.311 e. The van der Waals surface area contributed by atoms with Crippen molar-refractivity contribution in [2.45, 2.75) is 186 Å². The molecular formula is C39H69NO14. The van der Waals surface area contributed by atoms with E-state index in [1.807, 2.05) is 25.9 Å². The predicted octanol–water partition coefficient (Wildman–Crippen LogP) is 2.36. The fraction of sp³-hybridized carbons (Fsp3) is 0.923. The first-order valence-electron chi connectivity index (χ1n) is 19.4. The van der Waals surface area contributed by atoms with Crippen LogP contribution in [0.15, 0.2) is 0 Å². The van der Waals surface area contributed by atoms with Crippen molar-refractivity contribution >= 4 is 17.7 Å². The van der Waals surface area contributed by atoms with Crippen molar-refractivity contribution in [1.29, 1.82) is 0 Å². The highest BCUT2D eigenvalue weighted by atomic mass is 16.7. The van der Waals surface area contributed by atoms with Crippen molar-refractivity contribution < 1.29 is 68.0 Å². The Balaban J connectivity index is 2.23. The van der Waals surface area contributed by atoms with Gasteiger partial charge in [0.15, 0.2) is 18.7 Å². The molecule has 0 unspecified atom stereocenters. The van der Waals surface area contributed by atoms with E-state index in [2.05, 4.69) is 0 Å². The highest BCUT2D eigenvalue weighted by molar-refractivity contribution is 5.83. The zero-order chi connectivity index (χ0) is 41.2. The Morgan fingerprint density at radius 3 is 2.06 bits per heavy atom. The van der Waals surface area contributed by atoms with Crippen LogP contribution in [-0.2, 0) is 47.5 Å². The van der Waals surface area contributed by atoms with Crippen molar-refractivity contribution in [3.63, 3.8) is 0 Å². The molecule has 0 spiro atoms. The lowest BCUT2D eigenvalue weighted by Gasteiger charge is -2.49. The summed E-state index contributed by atoms with van der Waals surface area (Å²) in [4.78, 5) is 42.4. The third-order valence-corrected chi connectivity index (χ3v) is 12.1. The minimum atomic E-state index is -2.01. The van der Waals surface area contributed by atoms with E-state index >= 15 is 0 Å². The molecule has 3 saturated heterocycles. The van der Waals surface area contributed by atoms with Gasteiger partial charge in [-0.15, -0.1) is 0 Å². The maximum Gasteiger partial charge on any atom is 0.311 e. The van der Waals surface area contributed by atoms with Crippen molar-refractivity contribution in [3.8, 4) is 0 Å². The minimum Gasteiger partial charge on any atom is -0.459 e. The molecule has 4 N–H and O–H groups in total. The number of carbonyl (C=O) groups excluding carboxylic acids is 3. The van der Waals surface area contributed by atoms with Crippen LogP contribution in [0.4, 0.5) is 0 Å². The molecule has 3 aliphatic heterocycles. The summed E-state index contributed by atoms with van der Waals surface area (Å²) in [6.45, 7) is 17.6. The average Bonchev–Trinajstić information content (AvgIpc) is 3.08. The summed E-state index contributed by atoms with van der Waals surface area (Å²) < 4.78 is 43.3. The molecule has 15 nitrogen and oxygen atoms in total. The number of Topliss-reactive ketones (excluding diaryl/α,β-unsaturated/α-hetero) is 1. The number of esters is 2. The Bertz CT molecular complexity index is 1280. The first-order valence-corrected chi connectivity index (χ1v) is 19.4. The number of ketones is 1. The summed E-state index contributed by atoms with van der Waals surface area (Å²) in [5.74, 6) is -5.68. The van der Waals surface area contributed by atoms with E-state index in [1.54, 1.807) is 41.5 Å². The van der Waals surface area contributed by atoms with Crippen LogP contribution in [0.25, 0.3) is 0 Å². The highest BCUT2D eigenvalue weighted by Gasteiger charge is 2.54. The molecule has 0 bridgehead atoms. The van der Waals surface area contributed by atoms with Gasteiger partial charge in [-0.25, -0.2) is 0 Å². The van der Waals surface area contributed by atoms with Gasteiger partial charge in [0.05, 0.1) is 53.7 Å². The van der Waals surface area contributed by atoms with Crippen LogP contribution in [0.2, 0.25) is 0 Å². The van der Waals surface area contributed by atoms with Crippen LogP contribution in [0, 0.1) is 23.7 Å². The van der Waals surface area contributed by atoms with Crippen LogP contribution >= 0.6 is 0 Å². The Labute approximate surface area is 321 Å². The zero-order valence-electron chi connectivity index (χ0n) is 34.8. The van der Waals surface area contributed by atoms with Crippen LogP contribution in [0.5, 0.6) is 0 Å². The third-order valence-electron chi connectivity index (χ3n) is 12.1. The fourth-order valence-electron chi connectivity index (χ4n) is 8.71. The Morgan fingerprint density at radius 2 is 1.52 bits per heavy atom. The van der Waals surface area contributed by atoms with Crippen molar-refractivity contribution in [1.82, 2.24) is 4.90 Å². The quantitative estimate of drug-likeness (QED) is 0.262.